The monoisotopic (exact) mass is 259 g/mol. The summed E-state index contributed by atoms with van der Waals surface area (Å²) >= 11 is 0. The number of carbonyl (C=O) groups excluding carboxylic acids is 1. The van der Waals surface area contributed by atoms with Crippen LogP contribution in [0.1, 0.15) is 19.8 Å². The quantitative estimate of drug-likeness (QED) is 0.739. The van der Waals surface area contributed by atoms with E-state index >= 15 is 0 Å². The molecule has 1 saturated heterocycles. The van der Waals surface area contributed by atoms with E-state index in [2.05, 4.69) is 0 Å². The molecule has 0 aromatic carbocycles. The molecular formula is C10H13NO5S. The van der Waals surface area contributed by atoms with Gasteiger partial charge in [-0.05, 0) is 13.3 Å². The summed E-state index contributed by atoms with van der Waals surface area (Å²) in [6.45, 7) is 1.55. The Morgan fingerprint density at radius 1 is 1.47 bits per heavy atom. The van der Waals surface area contributed by atoms with Crippen molar-refractivity contribution in [1.29, 1.82) is 0 Å². The Balaban J connectivity index is 2.28. The van der Waals surface area contributed by atoms with E-state index in [1.54, 1.807) is 6.92 Å². The Morgan fingerprint density at radius 3 is 2.53 bits per heavy atom. The van der Waals surface area contributed by atoms with E-state index in [4.69, 9.17) is 5.11 Å². The maximum Gasteiger partial charge on any atom is 0.333 e. The number of carbonyl (C=O) groups is 2. The fourth-order valence-electron chi connectivity index (χ4n) is 2.38. The zero-order valence-electron chi connectivity index (χ0n) is 9.34. The number of carboxylic acids is 1. The molecule has 1 amide bonds. The summed E-state index contributed by atoms with van der Waals surface area (Å²) in [6, 6.07) is -0.399. The molecule has 0 bridgehead atoms. The Labute approximate surface area is 98.8 Å². The molecule has 1 atom stereocenters. The first-order valence-electron chi connectivity index (χ1n) is 5.27. The van der Waals surface area contributed by atoms with Crippen LogP contribution < -0.4 is 0 Å². The molecule has 0 aromatic rings. The Kier molecular flexibility index (Phi) is 2.73. The van der Waals surface area contributed by atoms with Gasteiger partial charge in [0.15, 0.2) is 9.84 Å². The Bertz CT molecular complexity index is 519. The Morgan fingerprint density at radius 2 is 2.12 bits per heavy atom. The first-order chi connectivity index (χ1) is 7.82. The molecule has 0 saturated carbocycles. The number of aliphatic carboxylic acids is 1. The minimum atomic E-state index is -3.08. The van der Waals surface area contributed by atoms with Crippen LogP contribution in [0.5, 0.6) is 0 Å². The van der Waals surface area contributed by atoms with Crippen LogP contribution in [-0.2, 0) is 19.4 Å². The lowest BCUT2D eigenvalue weighted by Gasteiger charge is -2.24. The van der Waals surface area contributed by atoms with Gasteiger partial charge in [-0.3, -0.25) is 4.79 Å². The van der Waals surface area contributed by atoms with Crippen LogP contribution in [0, 0.1) is 0 Å². The average Bonchev–Trinajstić information content (AvgIpc) is 2.67. The van der Waals surface area contributed by atoms with Gasteiger partial charge in [-0.25, -0.2) is 13.2 Å². The van der Waals surface area contributed by atoms with Gasteiger partial charge in [-0.15, -0.1) is 0 Å². The molecule has 2 aliphatic rings. The van der Waals surface area contributed by atoms with Crippen LogP contribution in [0.25, 0.3) is 0 Å². The minimum absolute atomic E-state index is 0.0665. The third-order valence-corrected chi connectivity index (χ3v) is 4.98. The zero-order valence-corrected chi connectivity index (χ0v) is 10.2. The van der Waals surface area contributed by atoms with E-state index < -0.39 is 21.8 Å². The van der Waals surface area contributed by atoms with E-state index in [-0.39, 0.29) is 29.4 Å². The second-order valence-corrected chi connectivity index (χ2v) is 6.60. The number of nitrogens with zero attached hydrogens (tertiary/aromatic N) is 1. The van der Waals surface area contributed by atoms with E-state index in [0.717, 1.165) is 0 Å². The van der Waals surface area contributed by atoms with Crippen LogP contribution in [-0.4, -0.2) is 47.8 Å². The zero-order chi connectivity index (χ0) is 12.8. The average molecular weight is 259 g/mol. The fourth-order valence-corrected chi connectivity index (χ4v) is 4.08. The highest BCUT2D eigenvalue weighted by molar-refractivity contribution is 7.91. The molecule has 1 N–H and O–H groups in total. The van der Waals surface area contributed by atoms with Crippen molar-refractivity contribution in [2.24, 2.45) is 0 Å². The highest BCUT2D eigenvalue weighted by Crippen LogP contribution is 2.30. The normalized spacial score (nSPS) is 27.9. The smallest absolute Gasteiger partial charge is 0.333 e. The molecule has 94 valence electrons. The number of hydrogen-bond donors (Lipinski definition) is 1. The summed E-state index contributed by atoms with van der Waals surface area (Å²) in [6.07, 6.45) is 0.246. The molecule has 6 nitrogen and oxygen atoms in total. The first kappa shape index (κ1) is 12.1. The number of hydrogen-bond acceptors (Lipinski definition) is 4. The Hall–Kier alpha value is -1.37. The predicted octanol–water partition coefficient (Wildman–Crippen LogP) is -0.236. The molecular weight excluding hydrogens is 246 g/mol. The molecule has 2 aliphatic heterocycles. The summed E-state index contributed by atoms with van der Waals surface area (Å²) < 4.78 is 22.7. The van der Waals surface area contributed by atoms with Crippen LogP contribution >= 0.6 is 0 Å². The van der Waals surface area contributed by atoms with E-state index in [9.17, 15) is 18.0 Å². The van der Waals surface area contributed by atoms with Gasteiger partial charge in [-0.2, -0.15) is 0 Å². The second kappa shape index (κ2) is 3.83. The van der Waals surface area contributed by atoms with Crippen molar-refractivity contribution in [1.82, 2.24) is 4.90 Å². The van der Waals surface area contributed by atoms with E-state index in [1.807, 2.05) is 0 Å². The van der Waals surface area contributed by atoms with Gasteiger partial charge < -0.3 is 10.0 Å². The lowest BCUT2D eigenvalue weighted by Crippen LogP contribution is -2.36. The van der Waals surface area contributed by atoms with Crippen LogP contribution in [0.3, 0.4) is 0 Å². The van der Waals surface area contributed by atoms with E-state index in [0.29, 0.717) is 12.1 Å². The first-order valence-corrected chi connectivity index (χ1v) is 7.09. The topological polar surface area (TPSA) is 91.8 Å². The van der Waals surface area contributed by atoms with Crippen LogP contribution in [0.15, 0.2) is 11.3 Å². The number of allylic oxidation sites excluding steroid dienone is 1. The van der Waals surface area contributed by atoms with Gasteiger partial charge >= 0.3 is 5.97 Å². The maximum atomic E-state index is 11.7. The molecule has 1 fully saturated rings. The van der Waals surface area contributed by atoms with Crippen molar-refractivity contribution in [2.45, 2.75) is 25.8 Å². The molecule has 0 radical (unpaired) electrons. The molecule has 17 heavy (non-hydrogen) atoms. The number of sulfone groups is 1. The van der Waals surface area contributed by atoms with Crippen molar-refractivity contribution in [3.8, 4) is 0 Å². The third kappa shape index (κ3) is 2.06. The van der Waals surface area contributed by atoms with Crippen molar-refractivity contribution in [2.75, 3.05) is 11.5 Å². The molecule has 7 heteroatoms. The maximum absolute atomic E-state index is 11.7. The summed E-state index contributed by atoms with van der Waals surface area (Å²) in [5.74, 6) is -1.43. The van der Waals surface area contributed by atoms with Crippen molar-refractivity contribution in [3.63, 3.8) is 0 Å². The van der Waals surface area contributed by atoms with Crippen molar-refractivity contribution >= 4 is 21.7 Å². The minimum Gasteiger partial charge on any atom is -0.478 e. The number of amides is 1. The predicted molar refractivity (Wildman–Crippen MR) is 58.9 cm³/mol. The van der Waals surface area contributed by atoms with Gasteiger partial charge in [0.05, 0.1) is 29.5 Å². The molecule has 0 spiro atoms. The summed E-state index contributed by atoms with van der Waals surface area (Å²) in [7, 11) is -3.08. The number of rotatable bonds is 2. The highest BCUT2D eigenvalue weighted by Gasteiger charge is 2.40. The van der Waals surface area contributed by atoms with Gasteiger partial charge in [0.25, 0.3) is 0 Å². The van der Waals surface area contributed by atoms with Crippen LogP contribution in [0.4, 0.5) is 0 Å². The van der Waals surface area contributed by atoms with Gasteiger partial charge in [0, 0.05) is 5.70 Å². The molecule has 0 aliphatic carbocycles. The molecule has 1 unspecified atom stereocenters. The molecule has 2 heterocycles. The molecule has 2 rings (SSSR count). The van der Waals surface area contributed by atoms with Gasteiger partial charge in [0.1, 0.15) is 0 Å². The van der Waals surface area contributed by atoms with Gasteiger partial charge in [-0.1, -0.05) is 0 Å². The fraction of sp³-hybridized carbons (Fsp3) is 0.600. The lowest BCUT2D eigenvalue weighted by atomic mass is 10.2. The third-order valence-electron chi connectivity index (χ3n) is 3.23. The number of carboxylic acid groups (broad SMARTS) is 1. The SMILES string of the molecule is CC1=C(C(=O)O)CC(=O)N1C1CCS(=O)(=O)C1. The highest BCUT2D eigenvalue weighted by atomic mass is 32.2. The second-order valence-electron chi connectivity index (χ2n) is 4.37. The van der Waals surface area contributed by atoms with E-state index in [1.165, 1.54) is 4.90 Å². The largest absolute Gasteiger partial charge is 0.478 e. The van der Waals surface area contributed by atoms with Crippen molar-refractivity contribution < 1.29 is 23.1 Å². The lowest BCUT2D eigenvalue weighted by molar-refractivity contribution is -0.134. The van der Waals surface area contributed by atoms with Gasteiger partial charge in [0.2, 0.25) is 5.91 Å². The summed E-state index contributed by atoms with van der Waals surface area (Å²) in [5.41, 5.74) is 0.448. The van der Waals surface area contributed by atoms with Crippen molar-refractivity contribution in [3.05, 3.63) is 11.3 Å². The molecule has 0 aromatic heterocycles. The standard InChI is InChI=1S/C10H13NO5S/c1-6-8(10(13)14)4-9(12)11(6)7-2-3-17(15,16)5-7/h7H,2-5H2,1H3,(H,13,14). The summed E-state index contributed by atoms with van der Waals surface area (Å²) in [5, 5.41) is 8.91. The summed E-state index contributed by atoms with van der Waals surface area (Å²) in [4.78, 5) is 24.0. The van der Waals surface area contributed by atoms with Crippen LogP contribution in [0.2, 0.25) is 0 Å².